The number of benzene rings is 1. The zero-order valence-corrected chi connectivity index (χ0v) is 15.9. The largest absolute Gasteiger partial charge is 0.506 e. The highest BCUT2D eigenvalue weighted by Gasteiger charge is 2.26. The van der Waals surface area contributed by atoms with Crippen LogP contribution >= 0.6 is 11.6 Å². The van der Waals surface area contributed by atoms with Gasteiger partial charge in [-0.2, -0.15) is 4.31 Å². The van der Waals surface area contributed by atoms with Crippen molar-refractivity contribution in [2.45, 2.75) is 24.2 Å². The Bertz CT molecular complexity index is 1090. The molecule has 0 amide bonds. The molecule has 0 bridgehead atoms. The van der Waals surface area contributed by atoms with Crippen molar-refractivity contribution in [1.82, 2.24) is 19.3 Å². The lowest BCUT2D eigenvalue weighted by Crippen LogP contribution is -2.35. The van der Waals surface area contributed by atoms with Crippen LogP contribution < -0.4 is 5.32 Å². The van der Waals surface area contributed by atoms with E-state index >= 15 is 0 Å². The predicted molar refractivity (Wildman–Crippen MR) is 103 cm³/mol. The van der Waals surface area contributed by atoms with Crippen molar-refractivity contribution >= 4 is 44.4 Å². The van der Waals surface area contributed by atoms with Crippen molar-refractivity contribution in [3.63, 3.8) is 0 Å². The van der Waals surface area contributed by atoms with Crippen molar-refractivity contribution in [3.8, 4) is 5.75 Å². The second-order valence-corrected chi connectivity index (χ2v) is 8.75. The molecule has 1 aromatic carbocycles. The van der Waals surface area contributed by atoms with Gasteiger partial charge in [0.25, 0.3) is 0 Å². The lowest BCUT2D eigenvalue weighted by atomic mass is 10.2. The van der Waals surface area contributed by atoms with E-state index in [4.69, 9.17) is 11.6 Å². The molecule has 1 saturated heterocycles. The predicted octanol–water partition coefficient (Wildman–Crippen LogP) is 3.24. The van der Waals surface area contributed by atoms with Gasteiger partial charge in [0.2, 0.25) is 16.0 Å². The number of nitrogens with one attached hydrogen (secondary N) is 2. The summed E-state index contributed by atoms with van der Waals surface area (Å²) in [5.41, 5.74) is 1.23. The highest BCUT2D eigenvalue weighted by molar-refractivity contribution is 7.89. The van der Waals surface area contributed by atoms with E-state index in [-0.39, 0.29) is 10.6 Å². The topological polar surface area (TPSA) is 111 Å². The van der Waals surface area contributed by atoms with Gasteiger partial charge in [-0.3, -0.25) is 0 Å². The average Bonchev–Trinajstić information content (AvgIpc) is 3.07. The standard InChI is InChI=1S/C17H18ClN5O3S/c18-11-4-5-15(24)13(8-11)20-17-21-14-9-12(10-19-16(14)22-17)27(25,26)23-6-2-1-3-7-23/h4-5,8-10,24H,1-3,6-7H2,(H2,19,20,21,22). The fourth-order valence-corrected chi connectivity index (χ4v) is 4.72. The van der Waals surface area contributed by atoms with Crippen LogP contribution in [0, 0.1) is 0 Å². The van der Waals surface area contributed by atoms with Gasteiger partial charge in [0.15, 0.2) is 5.65 Å². The Hall–Kier alpha value is -2.36. The number of H-pyrrole nitrogens is 1. The molecule has 3 aromatic rings. The first-order valence-electron chi connectivity index (χ1n) is 8.55. The minimum Gasteiger partial charge on any atom is -0.506 e. The number of rotatable bonds is 4. The number of imidazole rings is 1. The van der Waals surface area contributed by atoms with Gasteiger partial charge in [0, 0.05) is 24.3 Å². The number of anilines is 2. The Balaban J connectivity index is 1.65. The van der Waals surface area contributed by atoms with Crippen LogP contribution in [0.15, 0.2) is 35.4 Å². The lowest BCUT2D eigenvalue weighted by molar-refractivity contribution is 0.346. The molecule has 8 nitrogen and oxygen atoms in total. The third kappa shape index (κ3) is 3.58. The molecule has 4 rings (SSSR count). The van der Waals surface area contributed by atoms with Crippen LogP contribution in [0.2, 0.25) is 5.02 Å². The summed E-state index contributed by atoms with van der Waals surface area (Å²) in [7, 11) is -3.58. The first-order chi connectivity index (χ1) is 12.9. The van der Waals surface area contributed by atoms with Crippen molar-refractivity contribution in [2.75, 3.05) is 18.4 Å². The molecule has 0 unspecified atom stereocenters. The molecule has 0 spiro atoms. The second-order valence-electron chi connectivity index (χ2n) is 6.38. The van der Waals surface area contributed by atoms with Gasteiger partial charge in [0.1, 0.15) is 16.2 Å². The Morgan fingerprint density at radius 2 is 1.96 bits per heavy atom. The van der Waals surface area contributed by atoms with Crippen LogP contribution in [0.1, 0.15) is 19.3 Å². The maximum Gasteiger partial charge on any atom is 0.244 e. The molecule has 1 fully saturated rings. The van der Waals surface area contributed by atoms with Crippen molar-refractivity contribution in [1.29, 1.82) is 0 Å². The number of hydrogen-bond donors (Lipinski definition) is 3. The number of halogens is 1. The minimum atomic E-state index is -3.58. The van der Waals surface area contributed by atoms with E-state index in [1.165, 1.54) is 22.6 Å². The van der Waals surface area contributed by atoms with E-state index < -0.39 is 10.0 Å². The number of phenolic OH excluding ortho intramolecular Hbond substituents is 1. The Morgan fingerprint density at radius 1 is 1.19 bits per heavy atom. The van der Waals surface area contributed by atoms with Gasteiger partial charge >= 0.3 is 0 Å². The molecule has 10 heteroatoms. The molecule has 1 aliphatic heterocycles. The van der Waals surface area contributed by atoms with Crippen molar-refractivity contribution in [2.24, 2.45) is 0 Å². The van der Waals surface area contributed by atoms with E-state index in [0.717, 1.165) is 19.3 Å². The number of nitrogens with zero attached hydrogens (tertiary/aromatic N) is 3. The van der Waals surface area contributed by atoms with E-state index in [1.54, 1.807) is 12.1 Å². The number of aromatic nitrogens is 3. The maximum atomic E-state index is 12.8. The third-order valence-electron chi connectivity index (χ3n) is 4.48. The smallest absolute Gasteiger partial charge is 0.244 e. The molecule has 3 N–H and O–H groups in total. The summed E-state index contributed by atoms with van der Waals surface area (Å²) in [6.45, 7) is 1.06. The van der Waals surface area contributed by atoms with E-state index in [9.17, 15) is 13.5 Å². The third-order valence-corrected chi connectivity index (χ3v) is 6.58. The van der Waals surface area contributed by atoms with Crippen LogP contribution in [0.4, 0.5) is 11.6 Å². The highest BCUT2D eigenvalue weighted by Crippen LogP contribution is 2.29. The van der Waals surface area contributed by atoms with Crippen LogP contribution in [0.25, 0.3) is 11.2 Å². The quantitative estimate of drug-likeness (QED) is 0.572. The van der Waals surface area contributed by atoms with Crippen molar-refractivity contribution < 1.29 is 13.5 Å². The Morgan fingerprint density at radius 3 is 2.74 bits per heavy atom. The number of sulfonamides is 1. The van der Waals surface area contributed by atoms with Crippen LogP contribution in [0.3, 0.4) is 0 Å². The van der Waals surface area contributed by atoms with Gasteiger partial charge in [-0.25, -0.2) is 18.4 Å². The molecule has 2 aromatic heterocycles. The zero-order chi connectivity index (χ0) is 19.0. The van der Waals surface area contributed by atoms with E-state index in [2.05, 4.69) is 20.3 Å². The summed E-state index contributed by atoms with van der Waals surface area (Å²) in [5, 5.41) is 13.3. The summed E-state index contributed by atoms with van der Waals surface area (Å²) in [5.74, 6) is 0.337. The number of hydrogen-bond acceptors (Lipinski definition) is 6. The molecule has 142 valence electrons. The van der Waals surface area contributed by atoms with Crippen molar-refractivity contribution in [3.05, 3.63) is 35.5 Å². The molecular weight excluding hydrogens is 390 g/mol. The van der Waals surface area contributed by atoms with Gasteiger partial charge in [-0.1, -0.05) is 18.0 Å². The van der Waals surface area contributed by atoms with E-state index in [0.29, 0.717) is 40.9 Å². The number of phenols is 1. The second kappa shape index (κ2) is 6.99. The molecule has 3 heterocycles. The van der Waals surface area contributed by atoms with Gasteiger partial charge < -0.3 is 15.4 Å². The van der Waals surface area contributed by atoms with Crippen LogP contribution in [0.5, 0.6) is 5.75 Å². The number of aromatic hydroxyl groups is 1. The number of fused-ring (bicyclic) bond motifs is 1. The molecule has 0 aliphatic carbocycles. The normalized spacial score (nSPS) is 15.9. The Kier molecular flexibility index (Phi) is 4.67. The van der Waals surface area contributed by atoms with Gasteiger partial charge in [-0.15, -0.1) is 0 Å². The average molecular weight is 408 g/mol. The molecule has 0 radical (unpaired) electrons. The maximum absolute atomic E-state index is 12.8. The van der Waals surface area contributed by atoms with Gasteiger partial charge in [-0.05, 0) is 37.1 Å². The summed E-state index contributed by atoms with van der Waals surface area (Å²) in [6, 6.07) is 6.10. The summed E-state index contributed by atoms with van der Waals surface area (Å²) in [6.07, 6.45) is 4.13. The molecule has 0 saturated carbocycles. The molecular formula is C17H18ClN5O3S. The fraction of sp³-hybridized carbons (Fsp3) is 0.294. The lowest BCUT2D eigenvalue weighted by Gasteiger charge is -2.25. The minimum absolute atomic E-state index is 0.0150. The highest BCUT2D eigenvalue weighted by atomic mass is 35.5. The fourth-order valence-electron chi connectivity index (χ4n) is 3.07. The van der Waals surface area contributed by atoms with E-state index in [1.807, 2.05) is 0 Å². The number of aromatic amines is 1. The van der Waals surface area contributed by atoms with Crippen LogP contribution in [-0.2, 0) is 10.0 Å². The number of piperidine rings is 1. The Labute approximate surface area is 161 Å². The van der Waals surface area contributed by atoms with Crippen LogP contribution in [-0.4, -0.2) is 45.9 Å². The summed E-state index contributed by atoms with van der Waals surface area (Å²) in [4.78, 5) is 11.6. The zero-order valence-electron chi connectivity index (χ0n) is 14.3. The molecule has 27 heavy (non-hydrogen) atoms. The summed E-state index contributed by atoms with van der Waals surface area (Å²) >= 11 is 5.94. The first kappa shape index (κ1) is 18.0. The molecule has 1 aliphatic rings. The molecule has 0 atom stereocenters. The summed E-state index contributed by atoms with van der Waals surface area (Å²) < 4.78 is 27.1. The first-order valence-corrected chi connectivity index (χ1v) is 10.4. The monoisotopic (exact) mass is 407 g/mol. The number of pyridine rings is 1. The van der Waals surface area contributed by atoms with Gasteiger partial charge in [0.05, 0.1) is 5.69 Å². The SMILES string of the molecule is O=S(=O)(c1cnc2[nH]c(Nc3cc(Cl)ccc3O)nc2c1)N1CCCCC1.